The SMILES string of the molecule is CCCCN1C(=O)C(=O)/C(=C(\O)c2ccc(OC(C)C)cc2)C1c1ccc2c(c1)OCCO2. The first kappa shape index (κ1) is 22.7. The second kappa shape index (κ2) is 9.57. The second-order valence-electron chi connectivity index (χ2n) is 8.44. The first-order valence-corrected chi connectivity index (χ1v) is 11.4. The zero-order valence-electron chi connectivity index (χ0n) is 19.2. The number of hydrogen-bond donors (Lipinski definition) is 1. The molecule has 1 fully saturated rings. The van der Waals surface area contributed by atoms with E-state index in [9.17, 15) is 14.7 Å². The summed E-state index contributed by atoms with van der Waals surface area (Å²) in [6, 6.07) is 11.5. The summed E-state index contributed by atoms with van der Waals surface area (Å²) in [5.74, 6) is 0.346. The van der Waals surface area contributed by atoms with Crippen molar-refractivity contribution in [1.29, 1.82) is 0 Å². The van der Waals surface area contributed by atoms with E-state index in [1.807, 2.05) is 26.8 Å². The van der Waals surface area contributed by atoms with Crippen LogP contribution in [0.1, 0.15) is 50.8 Å². The third-order valence-corrected chi connectivity index (χ3v) is 5.67. The van der Waals surface area contributed by atoms with Crippen LogP contribution in [-0.2, 0) is 9.59 Å². The highest BCUT2D eigenvalue weighted by atomic mass is 16.6. The number of carbonyl (C=O) groups excluding carboxylic acids is 2. The third-order valence-electron chi connectivity index (χ3n) is 5.67. The van der Waals surface area contributed by atoms with E-state index >= 15 is 0 Å². The molecule has 2 aromatic rings. The predicted molar refractivity (Wildman–Crippen MR) is 124 cm³/mol. The van der Waals surface area contributed by atoms with Crippen molar-refractivity contribution in [3.05, 3.63) is 59.2 Å². The van der Waals surface area contributed by atoms with E-state index in [4.69, 9.17) is 14.2 Å². The average molecular weight is 452 g/mol. The molecule has 1 unspecified atom stereocenters. The van der Waals surface area contributed by atoms with Crippen molar-refractivity contribution in [3.8, 4) is 17.2 Å². The van der Waals surface area contributed by atoms with Gasteiger partial charge in [-0.1, -0.05) is 19.4 Å². The molecule has 2 aliphatic rings. The van der Waals surface area contributed by atoms with Crippen molar-refractivity contribution in [1.82, 2.24) is 4.90 Å². The monoisotopic (exact) mass is 451 g/mol. The Bertz CT molecular complexity index is 1070. The van der Waals surface area contributed by atoms with E-state index in [2.05, 4.69) is 0 Å². The molecule has 33 heavy (non-hydrogen) atoms. The maximum atomic E-state index is 13.1. The molecule has 0 bridgehead atoms. The van der Waals surface area contributed by atoms with Gasteiger partial charge in [-0.25, -0.2) is 0 Å². The summed E-state index contributed by atoms with van der Waals surface area (Å²) < 4.78 is 17.0. The minimum atomic E-state index is -0.709. The molecule has 1 atom stereocenters. The number of unbranched alkanes of at least 4 members (excludes halogenated alkanes) is 1. The van der Waals surface area contributed by atoms with Gasteiger partial charge in [0.25, 0.3) is 11.7 Å². The number of benzene rings is 2. The van der Waals surface area contributed by atoms with E-state index in [1.54, 1.807) is 41.3 Å². The van der Waals surface area contributed by atoms with Crippen LogP contribution >= 0.6 is 0 Å². The highest BCUT2D eigenvalue weighted by Gasteiger charge is 2.46. The van der Waals surface area contributed by atoms with Gasteiger partial charge in [-0.2, -0.15) is 0 Å². The minimum Gasteiger partial charge on any atom is -0.507 e. The van der Waals surface area contributed by atoms with Crippen LogP contribution in [0, 0.1) is 0 Å². The van der Waals surface area contributed by atoms with Crippen LogP contribution in [0.25, 0.3) is 5.76 Å². The standard InChI is InChI=1S/C26H29NO6/c1-4-5-12-27-23(18-8-11-20-21(15-18)32-14-13-31-20)22(25(29)26(27)30)24(28)17-6-9-19(10-7-17)33-16(2)3/h6-11,15-16,23,28H,4-5,12-14H2,1-3H3/b24-22-. The number of rotatable bonds is 7. The molecule has 1 N–H and O–H groups in total. The molecule has 2 aliphatic heterocycles. The van der Waals surface area contributed by atoms with Crippen LogP contribution in [0.3, 0.4) is 0 Å². The number of aliphatic hydroxyl groups is 1. The molecule has 0 spiro atoms. The lowest BCUT2D eigenvalue weighted by Crippen LogP contribution is -2.30. The molecule has 1 saturated heterocycles. The number of likely N-dealkylation sites (tertiary alicyclic amines) is 1. The molecule has 7 nitrogen and oxygen atoms in total. The van der Waals surface area contributed by atoms with Crippen LogP contribution in [0.5, 0.6) is 17.2 Å². The molecule has 1 amide bonds. The zero-order valence-corrected chi connectivity index (χ0v) is 19.2. The Morgan fingerprint density at radius 2 is 1.79 bits per heavy atom. The fourth-order valence-electron chi connectivity index (χ4n) is 4.13. The Morgan fingerprint density at radius 1 is 1.09 bits per heavy atom. The van der Waals surface area contributed by atoms with Gasteiger partial charge in [0.15, 0.2) is 11.5 Å². The van der Waals surface area contributed by atoms with E-state index in [-0.39, 0.29) is 17.4 Å². The lowest BCUT2D eigenvalue weighted by Gasteiger charge is -2.27. The van der Waals surface area contributed by atoms with E-state index in [1.165, 1.54) is 0 Å². The molecule has 7 heteroatoms. The van der Waals surface area contributed by atoms with Gasteiger partial charge in [-0.05, 0) is 62.2 Å². The van der Waals surface area contributed by atoms with E-state index in [0.29, 0.717) is 48.1 Å². The second-order valence-corrected chi connectivity index (χ2v) is 8.44. The summed E-state index contributed by atoms with van der Waals surface area (Å²) in [5.41, 5.74) is 1.21. The van der Waals surface area contributed by atoms with Gasteiger partial charge >= 0.3 is 0 Å². The number of nitrogens with zero attached hydrogens (tertiary/aromatic N) is 1. The summed E-state index contributed by atoms with van der Waals surface area (Å²) in [6.07, 6.45) is 1.63. The highest BCUT2D eigenvalue weighted by molar-refractivity contribution is 6.46. The summed E-state index contributed by atoms with van der Waals surface area (Å²) in [5, 5.41) is 11.2. The van der Waals surface area contributed by atoms with Crippen molar-refractivity contribution >= 4 is 17.4 Å². The third kappa shape index (κ3) is 4.53. The van der Waals surface area contributed by atoms with Gasteiger partial charge in [0, 0.05) is 12.1 Å². The fraction of sp³-hybridized carbons (Fsp3) is 0.385. The normalized spacial score (nSPS) is 19.3. The van der Waals surface area contributed by atoms with Crippen molar-refractivity contribution in [3.63, 3.8) is 0 Å². The first-order valence-electron chi connectivity index (χ1n) is 11.4. The van der Waals surface area contributed by atoms with Crippen molar-refractivity contribution in [2.75, 3.05) is 19.8 Å². The molecular weight excluding hydrogens is 422 g/mol. The highest BCUT2D eigenvalue weighted by Crippen LogP contribution is 2.42. The molecule has 0 aliphatic carbocycles. The van der Waals surface area contributed by atoms with Crippen LogP contribution in [0.4, 0.5) is 0 Å². The summed E-state index contributed by atoms with van der Waals surface area (Å²) >= 11 is 0. The molecule has 2 aromatic carbocycles. The lowest BCUT2D eigenvalue weighted by atomic mass is 9.94. The Kier molecular flexibility index (Phi) is 6.58. The number of Topliss-reactive ketones (excluding diaryl/α,β-unsaturated/α-hetero) is 1. The number of ketones is 1. The number of fused-ring (bicyclic) bond motifs is 1. The van der Waals surface area contributed by atoms with Crippen LogP contribution < -0.4 is 14.2 Å². The van der Waals surface area contributed by atoms with Gasteiger partial charge in [-0.15, -0.1) is 0 Å². The van der Waals surface area contributed by atoms with Crippen LogP contribution in [0.2, 0.25) is 0 Å². The Labute approximate surface area is 193 Å². The van der Waals surface area contributed by atoms with Crippen molar-refractivity contribution in [2.45, 2.75) is 45.8 Å². The Hall–Kier alpha value is -3.48. The van der Waals surface area contributed by atoms with Gasteiger partial charge in [-0.3, -0.25) is 9.59 Å². The van der Waals surface area contributed by atoms with Crippen LogP contribution in [0.15, 0.2) is 48.0 Å². The molecule has 2 heterocycles. The van der Waals surface area contributed by atoms with Gasteiger partial charge in [0.05, 0.1) is 17.7 Å². The molecule has 4 rings (SSSR count). The molecular formula is C26H29NO6. The lowest BCUT2D eigenvalue weighted by molar-refractivity contribution is -0.139. The Balaban J connectivity index is 1.78. The van der Waals surface area contributed by atoms with E-state index in [0.717, 1.165) is 12.8 Å². The summed E-state index contributed by atoms with van der Waals surface area (Å²) in [4.78, 5) is 27.6. The van der Waals surface area contributed by atoms with Gasteiger partial charge in [0.1, 0.15) is 24.7 Å². The number of ether oxygens (including phenoxy) is 3. The number of amides is 1. The average Bonchev–Trinajstić information content (AvgIpc) is 3.07. The molecule has 174 valence electrons. The first-order chi connectivity index (χ1) is 15.9. The number of hydrogen-bond acceptors (Lipinski definition) is 6. The predicted octanol–water partition coefficient (Wildman–Crippen LogP) is 4.47. The maximum absolute atomic E-state index is 13.1. The quantitative estimate of drug-likeness (QED) is 0.380. The number of carbonyl (C=O) groups is 2. The molecule has 0 radical (unpaired) electrons. The number of aliphatic hydroxyl groups excluding tert-OH is 1. The molecule has 0 aromatic heterocycles. The van der Waals surface area contributed by atoms with Crippen molar-refractivity contribution < 1.29 is 28.9 Å². The van der Waals surface area contributed by atoms with Gasteiger partial charge in [0.2, 0.25) is 0 Å². The largest absolute Gasteiger partial charge is 0.507 e. The summed E-state index contributed by atoms with van der Waals surface area (Å²) in [7, 11) is 0. The topological polar surface area (TPSA) is 85.3 Å². The Morgan fingerprint density at radius 3 is 2.45 bits per heavy atom. The summed E-state index contributed by atoms with van der Waals surface area (Å²) in [6.45, 7) is 7.20. The fourth-order valence-corrected chi connectivity index (χ4v) is 4.13. The van der Waals surface area contributed by atoms with Gasteiger partial charge < -0.3 is 24.2 Å². The minimum absolute atomic E-state index is 0.0172. The zero-order chi connectivity index (χ0) is 23.5. The van der Waals surface area contributed by atoms with E-state index < -0.39 is 17.7 Å². The van der Waals surface area contributed by atoms with Crippen molar-refractivity contribution in [2.24, 2.45) is 0 Å². The maximum Gasteiger partial charge on any atom is 0.295 e. The molecule has 0 saturated carbocycles. The van der Waals surface area contributed by atoms with Crippen LogP contribution in [-0.4, -0.2) is 47.6 Å². The smallest absolute Gasteiger partial charge is 0.295 e.